The van der Waals surface area contributed by atoms with Crippen molar-refractivity contribution in [1.29, 1.82) is 0 Å². The topological polar surface area (TPSA) is 75.6 Å². The van der Waals surface area contributed by atoms with Crippen LogP contribution in [0.15, 0.2) is 12.1 Å². The van der Waals surface area contributed by atoms with Gasteiger partial charge >= 0.3 is 12.1 Å². The van der Waals surface area contributed by atoms with Crippen LogP contribution in [0.4, 0.5) is 9.80 Å². The number of thiophene rings is 1. The SMILES string of the molecule is CCOC(=O)C(C)(C)c1ccc(NC(=O)O)s1. The molecule has 0 atom stereocenters. The first kappa shape index (κ1) is 13.5. The predicted octanol–water partition coefficient (Wildman–Crippen LogP) is 2.68. The molecule has 17 heavy (non-hydrogen) atoms. The third kappa shape index (κ3) is 3.20. The highest BCUT2D eigenvalue weighted by Gasteiger charge is 2.32. The zero-order valence-corrected chi connectivity index (χ0v) is 10.8. The third-order valence-electron chi connectivity index (χ3n) is 2.24. The van der Waals surface area contributed by atoms with E-state index in [0.29, 0.717) is 11.6 Å². The van der Waals surface area contributed by atoms with Gasteiger partial charge < -0.3 is 9.84 Å². The maximum Gasteiger partial charge on any atom is 0.409 e. The fourth-order valence-corrected chi connectivity index (χ4v) is 2.24. The maximum atomic E-state index is 11.7. The second kappa shape index (κ2) is 5.18. The summed E-state index contributed by atoms with van der Waals surface area (Å²) in [5.41, 5.74) is -0.765. The monoisotopic (exact) mass is 257 g/mol. The molecule has 1 amide bonds. The maximum absolute atomic E-state index is 11.7. The van der Waals surface area contributed by atoms with Gasteiger partial charge in [0.2, 0.25) is 0 Å². The van der Waals surface area contributed by atoms with Crippen LogP contribution < -0.4 is 5.32 Å². The number of esters is 1. The first-order chi connectivity index (χ1) is 7.87. The molecule has 6 heteroatoms. The number of hydrogen-bond acceptors (Lipinski definition) is 4. The van der Waals surface area contributed by atoms with Crippen LogP contribution in [0, 0.1) is 0 Å². The van der Waals surface area contributed by atoms with Crippen molar-refractivity contribution in [2.24, 2.45) is 0 Å². The second-order valence-corrected chi connectivity index (χ2v) is 5.02. The molecule has 5 nitrogen and oxygen atoms in total. The molecular weight excluding hydrogens is 242 g/mol. The van der Waals surface area contributed by atoms with E-state index < -0.39 is 11.5 Å². The van der Waals surface area contributed by atoms with Gasteiger partial charge in [-0.05, 0) is 32.9 Å². The highest BCUT2D eigenvalue weighted by atomic mass is 32.1. The van der Waals surface area contributed by atoms with Crippen molar-refractivity contribution in [3.63, 3.8) is 0 Å². The van der Waals surface area contributed by atoms with Crippen molar-refractivity contribution in [3.05, 3.63) is 17.0 Å². The predicted molar refractivity (Wildman–Crippen MR) is 65.6 cm³/mol. The minimum atomic E-state index is -1.12. The Morgan fingerprint density at radius 3 is 2.65 bits per heavy atom. The number of hydrogen-bond donors (Lipinski definition) is 2. The minimum Gasteiger partial charge on any atom is -0.465 e. The molecule has 0 bridgehead atoms. The van der Waals surface area contributed by atoms with Gasteiger partial charge in [0.1, 0.15) is 0 Å². The Labute approximate surface area is 103 Å². The van der Waals surface area contributed by atoms with Crippen LogP contribution in [-0.2, 0) is 14.9 Å². The fourth-order valence-electron chi connectivity index (χ4n) is 1.26. The van der Waals surface area contributed by atoms with E-state index in [2.05, 4.69) is 5.32 Å². The van der Waals surface area contributed by atoms with E-state index in [9.17, 15) is 9.59 Å². The number of rotatable bonds is 4. The number of amides is 1. The molecule has 0 spiro atoms. The molecular formula is C11H15NO4S. The van der Waals surface area contributed by atoms with Crippen molar-refractivity contribution in [2.75, 3.05) is 11.9 Å². The van der Waals surface area contributed by atoms with Crippen molar-refractivity contribution >= 4 is 28.4 Å². The van der Waals surface area contributed by atoms with Gasteiger partial charge in [-0.1, -0.05) is 0 Å². The van der Waals surface area contributed by atoms with Gasteiger partial charge in [-0.25, -0.2) is 4.79 Å². The second-order valence-electron chi connectivity index (χ2n) is 3.94. The molecule has 0 aliphatic heterocycles. The lowest BCUT2D eigenvalue weighted by molar-refractivity contribution is -0.148. The van der Waals surface area contributed by atoms with E-state index in [4.69, 9.17) is 9.84 Å². The highest BCUT2D eigenvalue weighted by molar-refractivity contribution is 7.16. The Hall–Kier alpha value is -1.56. The summed E-state index contributed by atoms with van der Waals surface area (Å²) < 4.78 is 4.98. The number of nitrogens with one attached hydrogen (secondary N) is 1. The Morgan fingerprint density at radius 2 is 2.12 bits per heavy atom. The van der Waals surface area contributed by atoms with Gasteiger partial charge in [0, 0.05) is 4.88 Å². The highest BCUT2D eigenvalue weighted by Crippen LogP contribution is 2.33. The summed E-state index contributed by atoms with van der Waals surface area (Å²) in [6.07, 6.45) is -1.12. The van der Waals surface area contributed by atoms with Crippen molar-refractivity contribution in [1.82, 2.24) is 0 Å². The normalized spacial score (nSPS) is 11.0. The average Bonchev–Trinajstić information content (AvgIpc) is 2.66. The number of carboxylic acid groups (broad SMARTS) is 1. The fraction of sp³-hybridized carbons (Fsp3) is 0.455. The largest absolute Gasteiger partial charge is 0.465 e. The van der Waals surface area contributed by atoms with E-state index in [1.807, 2.05) is 0 Å². The summed E-state index contributed by atoms with van der Waals surface area (Å²) in [4.78, 5) is 23.0. The van der Waals surface area contributed by atoms with Gasteiger partial charge in [-0.15, -0.1) is 11.3 Å². The molecule has 0 radical (unpaired) electrons. The summed E-state index contributed by atoms with van der Waals surface area (Å²) in [6.45, 7) is 5.58. The lowest BCUT2D eigenvalue weighted by Crippen LogP contribution is -2.30. The summed E-state index contributed by atoms with van der Waals surface area (Å²) in [5.74, 6) is -0.316. The quantitative estimate of drug-likeness (QED) is 0.813. The lowest BCUT2D eigenvalue weighted by atomic mass is 9.92. The Morgan fingerprint density at radius 1 is 1.47 bits per heavy atom. The average molecular weight is 257 g/mol. The zero-order valence-electron chi connectivity index (χ0n) is 9.94. The van der Waals surface area contributed by atoms with Crippen molar-refractivity contribution < 1.29 is 19.4 Å². The molecule has 0 aliphatic carbocycles. The molecule has 1 aromatic rings. The van der Waals surface area contributed by atoms with Crippen molar-refractivity contribution in [3.8, 4) is 0 Å². The smallest absolute Gasteiger partial charge is 0.409 e. The van der Waals surface area contributed by atoms with E-state index in [1.165, 1.54) is 11.3 Å². The van der Waals surface area contributed by atoms with Crippen LogP contribution in [-0.4, -0.2) is 23.8 Å². The summed E-state index contributed by atoms with van der Waals surface area (Å²) >= 11 is 1.23. The molecule has 1 aromatic heterocycles. The van der Waals surface area contributed by atoms with Crippen LogP contribution in [0.5, 0.6) is 0 Å². The molecule has 0 aliphatic rings. The van der Waals surface area contributed by atoms with Crippen LogP contribution >= 0.6 is 11.3 Å². The first-order valence-electron chi connectivity index (χ1n) is 5.15. The lowest BCUT2D eigenvalue weighted by Gasteiger charge is -2.20. The van der Waals surface area contributed by atoms with Gasteiger partial charge in [-0.3, -0.25) is 10.1 Å². The van der Waals surface area contributed by atoms with E-state index in [0.717, 1.165) is 4.88 Å². The summed E-state index contributed by atoms with van der Waals surface area (Å²) in [6, 6.07) is 3.36. The zero-order chi connectivity index (χ0) is 13.1. The van der Waals surface area contributed by atoms with Crippen LogP contribution in [0.2, 0.25) is 0 Å². The Bertz CT molecular complexity index is 425. The Balaban J connectivity index is 2.88. The molecule has 0 fully saturated rings. The van der Waals surface area contributed by atoms with Gasteiger partial charge in [0.15, 0.2) is 0 Å². The summed E-state index contributed by atoms with van der Waals surface area (Å²) in [7, 11) is 0. The van der Waals surface area contributed by atoms with Gasteiger partial charge in [0.25, 0.3) is 0 Å². The molecule has 0 saturated heterocycles. The molecule has 1 heterocycles. The molecule has 1 rings (SSSR count). The molecule has 0 aromatic carbocycles. The molecule has 94 valence electrons. The number of anilines is 1. The number of carbonyl (C=O) groups is 2. The summed E-state index contributed by atoms with van der Waals surface area (Å²) in [5, 5.41) is 11.3. The van der Waals surface area contributed by atoms with Gasteiger partial charge in [-0.2, -0.15) is 0 Å². The Kier molecular flexibility index (Phi) is 4.11. The van der Waals surface area contributed by atoms with Crippen LogP contribution in [0.3, 0.4) is 0 Å². The van der Waals surface area contributed by atoms with Crippen LogP contribution in [0.25, 0.3) is 0 Å². The van der Waals surface area contributed by atoms with Gasteiger partial charge in [0.05, 0.1) is 17.0 Å². The van der Waals surface area contributed by atoms with Crippen LogP contribution in [0.1, 0.15) is 25.6 Å². The molecule has 2 N–H and O–H groups in total. The number of carbonyl (C=O) groups excluding carboxylic acids is 1. The standard InChI is InChI=1S/C11H15NO4S/c1-4-16-9(13)11(2,3)7-5-6-8(17-7)12-10(14)15/h5-6,12H,4H2,1-3H3,(H,14,15). The van der Waals surface area contributed by atoms with E-state index >= 15 is 0 Å². The third-order valence-corrected chi connectivity index (χ3v) is 3.56. The van der Waals surface area contributed by atoms with Crippen molar-refractivity contribution in [2.45, 2.75) is 26.2 Å². The molecule has 0 unspecified atom stereocenters. The van der Waals surface area contributed by atoms with E-state index in [1.54, 1.807) is 32.9 Å². The number of ether oxygens (including phenoxy) is 1. The first-order valence-corrected chi connectivity index (χ1v) is 5.97. The van der Waals surface area contributed by atoms with E-state index in [-0.39, 0.29) is 5.97 Å². The molecule has 0 saturated carbocycles. The minimum absolute atomic E-state index is 0.316.